The molecule has 3 atom stereocenters. The minimum absolute atomic E-state index is 0.0508. The van der Waals surface area contributed by atoms with Crippen LogP contribution < -0.4 is 0 Å². The molecule has 0 spiro atoms. The van der Waals surface area contributed by atoms with E-state index in [0.717, 1.165) is 0 Å². The van der Waals surface area contributed by atoms with Crippen LogP contribution in [0.3, 0.4) is 0 Å². The maximum atomic E-state index is 13.1. The number of nitrogens with zero attached hydrogens (tertiary/aromatic N) is 2. The van der Waals surface area contributed by atoms with Gasteiger partial charge in [-0.3, -0.25) is 19.3 Å². The molecule has 1 saturated heterocycles. The number of carbonyl (C=O) groups is 3. The normalized spacial score (nSPS) is 28.8. The van der Waals surface area contributed by atoms with Gasteiger partial charge in [0, 0.05) is 0 Å². The van der Waals surface area contributed by atoms with Gasteiger partial charge in [-0.1, -0.05) is 18.2 Å². The fourth-order valence-electron chi connectivity index (χ4n) is 3.81. The highest BCUT2D eigenvalue weighted by atomic mass is 17.2. The number of hydrogen-bond donors (Lipinski definition) is 0. The largest absolute Gasteiger partial charge is 0.354 e. The smallest absolute Gasteiger partial charge is 0.261 e. The van der Waals surface area contributed by atoms with Crippen LogP contribution in [0, 0.1) is 0 Å². The molecule has 28 heavy (non-hydrogen) atoms. The van der Waals surface area contributed by atoms with Gasteiger partial charge in [-0.05, 0) is 39.0 Å². The lowest BCUT2D eigenvalue weighted by Crippen LogP contribution is -2.55. The predicted molar refractivity (Wildman–Crippen MR) is 97.0 cm³/mol. The molecule has 1 aromatic rings. The van der Waals surface area contributed by atoms with E-state index in [-0.39, 0.29) is 37.0 Å². The van der Waals surface area contributed by atoms with Crippen LogP contribution in [0.1, 0.15) is 41.5 Å². The van der Waals surface area contributed by atoms with Crippen LogP contribution in [0.25, 0.3) is 0 Å². The van der Waals surface area contributed by atoms with Gasteiger partial charge in [0.05, 0.1) is 30.3 Å². The van der Waals surface area contributed by atoms with Crippen molar-refractivity contribution in [3.63, 3.8) is 0 Å². The first-order valence-corrected chi connectivity index (χ1v) is 9.22. The Balaban J connectivity index is 1.56. The first-order valence-electron chi connectivity index (χ1n) is 9.22. The first kappa shape index (κ1) is 18.8. The van der Waals surface area contributed by atoms with Crippen molar-refractivity contribution in [2.75, 3.05) is 13.2 Å². The summed E-state index contributed by atoms with van der Waals surface area (Å²) in [6.07, 6.45) is 2.25. The number of hydrogen-bond acceptors (Lipinski definition) is 6. The van der Waals surface area contributed by atoms with Crippen LogP contribution in [0.2, 0.25) is 0 Å². The van der Waals surface area contributed by atoms with Gasteiger partial charge in [0.25, 0.3) is 17.7 Å². The van der Waals surface area contributed by atoms with E-state index in [2.05, 4.69) is 0 Å². The number of benzene rings is 1. The van der Waals surface area contributed by atoms with Crippen LogP contribution in [0.15, 0.2) is 36.4 Å². The van der Waals surface area contributed by atoms with Crippen molar-refractivity contribution >= 4 is 17.7 Å². The highest BCUT2D eigenvalue weighted by Gasteiger charge is 2.48. The zero-order chi connectivity index (χ0) is 20.1. The van der Waals surface area contributed by atoms with Gasteiger partial charge in [-0.25, -0.2) is 9.78 Å². The molecule has 0 radical (unpaired) electrons. The van der Waals surface area contributed by atoms with Crippen molar-refractivity contribution in [2.45, 2.75) is 44.7 Å². The van der Waals surface area contributed by atoms with Crippen molar-refractivity contribution in [3.8, 4) is 0 Å². The standard InChI is InChI=1S/C20H22N2O6/c1-12-8-9-16(28-27-12)19(25)22-13(11-26-20(22,2)3)10-21-17(23)14-6-4-5-7-15(14)18(21)24/h4-9,12-13,16H,10-11H2,1-3H3/t12-,13-,16-/m0/s1. The molecular weight excluding hydrogens is 364 g/mol. The predicted octanol–water partition coefficient (Wildman–Crippen LogP) is 1.52. The number of carbonyl (C=O) groups excluding carboxylic acids is 3. The van der Waals surface area contributed by atoms with Gasteiger partial charge in [0.1, 0.15) is 11.8 Å². The lowest BCUT2D eigenvalue weighted by Gasteiger charge is -2.36. The van der Waals surface area contributed by atoms with Gasteiger partial charge >= 0.3 is 0 Å². The molecular formula is C20H22N2O6. The van der Waals surface area contributed by atoms with Crippen LogP contribution >= 0.6 is 0 Å². The molecule has 0 unspecified atom stereocenters. The summed E-state index contributed by atoms with van der Waals surface area (Å²) in [7, 11) is 0. The molecule has 4 rings (SSSR count). The highest BCUT2D eigenvalue weighted by molar-refractivity contribution is 6.21. The first-order chi connectivity index (χ1) is 13.3. The summed E-state index contributed by atoms with van der Waals surface area (Å²) in [5.41, 5.74) is -0.144. The number of fused-ring (bicyclic) bond motifs is 1. The molecule has 3 aliphatic rings. The Hall–Kier alpha value is -2.55. The summed E-state index contributed by atoms with van der Waals surface area (Å²) in [4.78, 5) is 51.4. The van der Waals surface area contributed by atoms with E-state index >= 15 is 0 Å². The topological polar surface area (TPSA) is 85.4 Å². The van der Waals surface area contributed by atoms with E-state index in [4.69, 9.17) is 14.5 Å². The second-order valence-corrected chi connectivity index (χ2v) is 7.59. The molecule has 3 aliphatic heterocycles. The number of imide groups is 1. The quantitative estimate of drug-likeness (QED) is 0.445. The van der Waals surface area contributed by atoms with E-state index in [9.17, 15) is 14.4 Å². The average molecular weight is 386 g/mol. The minimum Gasteiger partial charge on any atom is -0.354 e. The Bertz CT molecular complexity index is 829. The van der Waals surface area contributed by atoms with Crippen LogP contribution in [-0.2, 0) is 19.3 Å². The summed E-state index contributed by atoms with van der Waals surface area (Å²) < 4.78 is 5.79. The summed E-state index contributed by atoms with van der Waals surface area (Å²) in [6, 6.07) is 6.22. The molecule has 0 bridgehead atoms. The molecule has 0 aliphatic carbocycles. The highest BCUT2D eigenvalue weighted by Crippen LogP contribution is 2.31. The fourth-order valence-corrected chi connectivity index (χ4v) is 3.81. The summed E-state index contributed by atoms with van der Waals surface area (Å²) in [5.74, 6) is -1.06. The van der Waals surface area contributed by atoms with Crippen LogP contribution in [0.4, 0.5) is 0 Å². The maximum Gasteiger partial charge on any atom is 0.261 e. The van der Waals surface area contributed by atoms with Crippen molar-refractivity contribution in [1.82, 2.24) is 9.80 Å². The molecule has 8 heteroatoms. The van der Waals surface area contributed by atoms with E-state index in [1.165, 1.54) is 9.80 Å². The molecule has 3 heterocycles. The second-order valence-electron chi connectivity index (χ2n) is 7.59. The van der Waals surface area contributed by atoms with Crippen LogP contribution in [-0.4, -0.2) is 64.6 Å². The molecule has 3 amide bonds. The number of ether oxygens (including phenoxy) is 1. The summed E-state index contributed by atoms with van der Waals surface area (Å²) >= 11 is 0. The van der Waals surface area contributed by atoms with E-state index in [1.807, 2.05) is 0 Å². The van der Waals surface area contributed by atoms with Crippen LogP contribution in [0.5, 0.6) is 0 Å². The third-order valence-corrected chi connectivity index (χ3v) is 5.19. The third-order valence-electron chi connectivity index (χ3n) is 5.19. The Labute approximate surface area is 162 Å². The molecule has 0 N–H and O–H groups in total. The SMILES string of the molecule is C[C@H]1C=C[C@@H](C(=O)N2[C@@H](CN3C(=O)c4ccccc4C3=O)COC2(C)C)OO1. The van der Waals surface area contributed by atoms with Gasteiger partial charge in [-0.15, -0.1) is 0 Å². The molecule has 0 saturated carbocycles. The van der Waals surface area contributed by atoms with Crippen molar-refractivity contribution in [3.05, 3.63) is 47.5 Å². The molecule has 148 valence electrons. The fraction of sp³-hybridized carbons (Fsp3) is 0.450. The van der Waals surface area contributed by atoms with Crippen molar-refractivity contribution < 1.29 is 28.9 Å². The monoisotopic (exact) mass is 386 g/mol. The Morgan fingerprint density at radius 2 is 1.75 bits per heavy atom. The van der Waals surface area contributed by atoms with E-state index in [0.29, 0.717) is 11.1 Å². The zero-order valence-corrected chi connectivity index (χ0v) is 16.0. The zero-order valence-electron chi connectivity index (χ0n) is 16.0. The van der Waals surface area contributed by atoms with Gasteiger partial charge in [0.15, 0.2) is 6.10 Å². The maximum absolute atomic E-state index is 13.1. The van der Waals surface area contributed by atoms with Crippen molar-refractivity contribution in [1.29, 1.82) is 0 Å². The second kappa shape index (κ2) is 6.80. The number of amides is 3. The molecule has 8 nitrogen and oxygen atoms in total. The minimum atomic E-state index is -0.902. The Kier molecular flexibility index (Phi) is 4.57. The lowest BCUT2D eigenvalue weighted by atomic mass is 10.1. The van der Waals surface area contributed by atoms with Gasteiger partial charge in [-0.2, -0.15) is 0 Å². The van der Waals surface area contributed by atoms with Gasteiger partial charge < -0.3 is 9.64 Å². The summed E-state index contributed by atoms with van der Waals surface area (Å²) in [5, 5.41) is 0. The van der Waals surface area contributed by atoms with E-state index < -0.39 is 17.9 Å². The summed E-state index contributed by atoms with van der Waals surface area (Å²) in [6.45, 7) is 5.59. The van der Waals surface area contributed by atoms with Gasteiger partial charge in [0.2, 0.25) is 0 Å². The van der Waals surface area contributed by atoms with E-state index in [1.54, 1.807) is 57.2 Å². The lowest BCUT2D eigenvalue weighted by molar-refractivity contribution is -0.331. The molecule has 0 aromatic heterocycles. The van der Waals surface area contributed by atoms with Crippen molar-refractivity contribution in [2.24, 2.45) is 0 Å². The molecule has 1 aromatic carbocycles. The average Bonchev–Trinajstić information content (AvgIpc) is 3.10. The Morgan fingerprint density at radius 3 is 2.32 bits per heavy atom. The Morgan fingerprint density at radius 1 is 1.11 bits per heavy atom. The third kappa shape index (κ3) is 3.03. The molecule has 1 fully saturated rings. The number of rotatable bonds is 3.